The second kappa shape index (κ2) is 4.57. The highest BCUT2D eigenvalue weighted by Crippen LogP contribution is 2.31. The van der Waals surface area contributed by atoms with E-state index in [1.54, 1.807) is 0 Å². The number of rotatable bonds is 2. The van der Waals surface area contributed by atoms with Gasteiger partial charge in [0.1, 0.15) is 5.75 Å². The van der Waals surface area contributed by atoms with Crippen molar-refractivity contribution < 1.29 is 13.5 Å². The first-order chi connectivity index (χ1) is 7.68. The van der Waals surface area contributed by atoms with Gasteiger partial charge in [-0.25, -0.2) is 8.78 Å². The lowest BCUT2D eigenvalue weighted by atomic mass is 10.3. The molecule has 0 spiro atoms. The van der Waals surface area contributed by atoms with Crippen molar-refractivity contribution in [3.05, 3.63) is 52.8 Å². The van der Waals surface area contributed by atoms with Crippen LogP contribution < -0.4 is 4.74 Å². The molecular formula is C11H6BrF2NO. The Kier molecular flexibility index (Phi) is 3.14. The number of pyridine rings is 1. The van der Waals surface area contributed by atoms with Crippen LogP contribution in [0.2, 0.25) is 0 Å². The summed E-state index contributed by atoms with van der Waals surface area (Å²) < 4.78 is 32.2. The minimum Gasteiger partial charge on any atom is -0.450 e. The van der Waals surface area contributed by atoms with E-state index in [-0.39, 0.29) is 0 Å². The maximum absolute atomic E-state index is 13.3. The normalized spacial score (nSPS) is 10.2. The summed E-state index contributed by atoms with van der Waals surface area (Å²) in [6, 6.07) is 5.05. The minimum atomic E-state index is -0.747. The average Bonchev–Trinajstić information content (AvgIpc) is 2.26. The van der Waals surface area contributed by atoms with Gasteiger partial charge in [0.05, 0.1) is 4.47 Å². The van der Waals surface area contributed by atoms with Gasteiger partial charge in [-0.1, -0.05) is 6.07 Å². The monoisotopic (exact) mass is 285 g/mol. The van der Waals surface area contributed by atoms with Gasteiger partial charge in [-0.3, -0.25) is 4.98 Å². The van der Waals surface area contributed by atoms with Crippen LogP contribution in [0.4, 0.5) is 8.78 Å². The molecule has 1 aromatic carbocycles. The molecule has 16 heavy (non-hydrogen) atoms. The van der Waals surface area contributed by atoms with Crippen molar-refractivity contribution in [3.63, 3.8) is 0 Å². The van der Waals surface area contributed by atoms with E-state index in [0.29, 0.717) is 10.2 Å². The van der Waals surface area contributed by atoms with Crippen LogP contribution in [0.1, 0.15) is 0 Å². The zero-order valence-corrected chi connectivity index (χ0v) is 9.54. The minimum absolute atomic E-state index is 0.305. The Hall–Kier alpha value is -1.49. The van der Waals surface area contributed by atoms with Gasteiger partial charge >= 0.3 is 0 Å². The summed E-state index contributed by atoms with van der Waals surface area (Å²) in [6.07, 6.45) is 2.95. The average molecular weight is 286 g/mol. The number of aromatic nitrogens is 1. The molecule has 0 radical (unpaired) electrons. The molecule has 0 bridgehead atoms. The quantitative estimate of drug-likeness (QED) is 0.835. The number of nitrogens with zero attached hydrogens (tertiary/aromatic N) is 1. The van der Waals surface area contributed by atoms with Crippen molar-refractivity contribution in [2.45, 2.75) is 0 Å². The fourth-order valence-corrected chi connectivity index (χ4v) is 1.47. The first kappa shape index (κ1) is 11.0. The highest BCUT2D eigenvalue weighted by molar-refractivity contribution is 9.10. The second-order valence-corrected chi connectivity index (χ2v) is 3.81. The van der Waals surface area contributed by atoms with E-state index >= 15 is 0 Å². The maximum Gasteiger partial charge on any atom is 0.198 e. The van der Waals surface area contributed by atoms with E-state index < -0.39 is 17.4 Å². The summed E-state index contributed by atoms with van der Waals surface area (Å²) in [6.45, 7) is 0. The lowest BCUT2D eigenvalue weighted by molar-refractivity contribution is 0.405. The van der Waals surface area contributed by atoms with Crippen LogP contribution in [-0.4, -0.2) is 4.98 Å². The van der Waals surface area contributed by atoms with Crippen LogP contribution in [0.15, 0.2) is 41.1 Å². The fraction of sp³-hybridized carbons (Fsp3) is 0. The van der Waals surface area contributed by atoms with E-state index in [1.807, 2.05) is 0 Å². The van der Waals surface area contributed by atoms with Crippen molar-refractivity contribution in [2.75, 3.05) is 0 Å². The third kappa shape index (κ3) is 2.19. The number of hydrogen-bond donors (Lipinski definition) is 0. The van der Waals surface area contributed by atoms with Crippen molar-refractivity contribution in [3.8, 4) is 11.5 Å². The predicted molar refractivity (Wildman–Crippen MR) is 58.4 cm³/mol. The van der Waals surface area contributed by atoms with Gasteiger partial charge < -0.3 is 4.74 Å². The van der Waals surface area contributed by atoms with Crippen molar-refractivity contribution in [1.82, 2.24) is 4.98 Å². The van der Waals surface area contributed by atoms with Gasteiger partial charge in [-0.15, -0.1) is 0 Å². The van der Waals surface area contributed by atoms with E-state index in [1.165, 1.54) is 24.5 Å². The molecule has 0 aliphatic carbocycles. The number of ether oxygens (including phenoxy) is 1. The van der Waals surface area contributed by atoms with Crippen molar-refractivity contribution >= 4 is 15.9 Å². The molecule has 0 atom stereocenters. The summed E-state index contributed by atoms with van der Waals surface area (Å²) in [7, 11) is 0. The maximum atomic E-state index is 13.3. The molecule has 1 heterocycles. The third-order valence-corrected chi connectivity index (χ3v) is 2.46. The SMILES string of the molecule is Fc1cccc(F)c1Oc1ccncc1Br. The van der Waals surface area contributed by atoms with Crippen LogP contribution in [0.3, 0.4) is 0 Å². The number of halogens is 3. The number of para-hydroxylation sites is 1. The van der Waals surface area contributed by atoms with Crippen LogP contribution in [0.5, 0.6) is 11.5 Å². The van der Waals surface area contributed by atoms with E-state index in [9.17, 15) is 8.78 Å². The van der Waals surface area contributed by atoms with Gasteiger partial charge in [-0.2, -0.15) is 0 Å². The van der Waals surface area contributed by atoms with Gasteiger partial charge in [0.2, 0.25) is 0 Å². The number of hydrogen-bond acceptors (Lipinski definition) is 2. The summed E-state index contributed by atoms with van der Waals surface area (Å²) in [4.78, 5) is 3.82. The van der Waals surface area contributed by atoms with Crippen molar-refractivity contribution in [2.24, 2.45) is 0 Å². The smallest absolute Gasteiger partial charge is 0.198 e. The Labute approximate surface area is 99.0 Å². The lowest BCUT2D eigenvalue weighted by Gasteiger charge is -2.08. The van der Waals surface area contributed by atoms with Crippen LogP contribution in [-0.2, 0) is 0 Å². The summed E-state index contributed by atoms with van der Waals surface area (Å²) in [5.74, 6) is -1.61. The van der Waals surface area contributed by atoms with Crippen LogP contribution in [0, 0.1) is 11.6 Å². The van der Waals surface area contributed by atoms with Crippen LogP contribution in [0.25, 0.3) is 0 Å². The summed E-state index contributed by atoms with van der Waals surface area (Å²) >= 11 is 3.17. The molecule has 2 nitrogen and oxygen atoms in total. The molecule has 0 N–H and O–H groups in total. The first-order valence-electron chi connectivity index (χ1n) is 4.40. The first-order valence-corrected chi connectivity index (χ1v) is 5.19. The van der Waals surface area contributed by atoms with Gasteiger partial charge in [-0.05, 0) is 28.1 Å². The molecule has 0 amide bonds. The highest BCUT2D eigenvalue weighted by Gasteiger charge is 2.12. The van der Waals surface area contributed by atoms with Gasteiger partial charge in [0, 0.05) is 18.5 Å². The largest absolute Gasteiger partial charge is 0.450 e. The Bertz CT molecular complexity index is 499. The molecule has 0 fully saturated rings. The molecule has 82 valence electrons. The summed E-state index contributed by atoms with van der Waals surface area (Å²) in [5, 5.41) is 0. The number of benzene rings is 1. The molecule has 0 aliphatic rings. The molecule has 1 aromatic heterocycles. The predicted octanol–water partition coefficient (Wildman–Crippen LogP) is 3.91. The molecule has 0 saturated carbocycles. The lowest BCUT2D eigenvalue weighted by Crippen LogP contribution is -1.93. The van der Waals surface area contributed by atoms with E-state index in [4.69, 9.17) is 4.74 Å². The molecule has 0 saturated heterocycles. The van der Waals surface area contributed by atoms with Gasteiger partial charge in [0.15, 0.2) is 17.4 Å². The summed E-state index contributed by atoms with van der Waals surface area (Å²) in [5.41, 5.74) is 0. The Morgan fingerprint density at radius 1 is 1.12 bits per heavy atom. The zero-order valence-electron chi connectivity index (χ0n) is 7.95. The highest BCUT2D eigenvalue weighted by atomic mass is 79.9. The zero-order chi connectivity index (χ0) is 11.5. The molecule has 0 unspecified atom stereocenters. The van der Waals surface area contributed by atoms with Crippen molar-refractivity contribution in [1.29, 1.82) is 0 Å². The standard InChI is InChI=1S/C11H6BrF2NO/c12-7-6-15-5-4-10(7)16-11-8(13)2-1-3-9(11)14/h1-6H. The second-order valence-electron chi connectivity index (χ2n) is 2.96. The Balaban J connectivity index is 2.38. The molecule has 2 aromatic rings. The molecular weight excluding hydrogens is 280 g/mol. The molecule has 0 aliphatic heterocycles. The Morgan fingerprint density at radius 3 is 2.44 bits per heavy atom. The fourth-order valence-electron chi connectivity index (χ4n) is 1.14. The van der Waals surface area contributed by atoms with Crippen LogP contribution >= 0.6 is 15.9 Å². The van der Waals surface area contributed by atoms with E-state index in [0.717, 1.165) is 12.1 Å². The van der Waals surface area contributed by atoms with Gasteiger partial charge in [0.25, 0.3) is 0 Å². The Morgan fingerprint density at radius 2 is 1.81 bits per heavy atom. The molecule has 5 heteroatoms. The topological polar surface area (TPSA) is 22.1 Å². The molecule has 2 rings (SSSR count). The third-order valence-electron chi connectivity index (χ3n) is 1.87. The van der Waals surface area contributed by atoms with E-state index in [2.05, 4.69) is 20.9 Å².